The molecule has 0 saturated carbocycles. The molecular weight excluding hydrogens is 625 g/mol. The van der Waals surface area contributed by atoms with E-state index in [0.29, 0.717) is 0 Å². The summed E-state index contributed by atoms with van der Waals surface area (Å²) in [4.78, 5) is 0. The van der Waals surface area contributed by atoms with Crippen molar-refractivity contribution in [1.82, 2.24) is 0 Å². The molecule has 43 valence electrons. The molecule has 2 N–H and O–H groups in total. The summed E-state index contributed by atoms with van der Waals surface area (Å²) in [5.41, 5.74) is 0. The van der Waals surface area contributed by atoms with Crippen molar-refractivity contribution in [3.63, 3.8) is 0 Å². The van der Waals surface area contributed by atoms with Crippen LogP contribution in [-0.4, -0.2) is 141 Å². The van der Waals surface area contributed by atoms with Gasteiger partial charge in [-0.2, -0.15) is 0 Å². The van der Waals surface area contributed by atoms with Crippen molar-refractivity contribution in [2.45, 2.75) is 0 Å². The van der Waals surface area contributed by atoms with Gasteiger partial charge in [0.05, 0.1) is 0 Å². The molecule has 0 aliphatic carbocycles. The third-order valence-electron chi connectivity index (χ3n) is 0. The maximum Gasteiger partial charge on any atom is 2.00 e. The van der Waals surface area contributed by atoms with Crippen LogP contribution in [0.5, 0.6) is 0 Å². The van der Waals surface area contributed by atoms with Gasteiger partial charge in [0.1, 0.15) is 0 Å². The summed E-state index contributed by atoms with van der Waals surface area (Å²) in [6.07, 6.45) is 0. The van der Waals surface area contributed by atoms with Crippen molar-refractivity contribution >= 4 is 136 Å². The molecule has 1 radical (unpaired) electrons. The summed E-state index contributed by atoms with van der Waals surface area (Å²) in [6, 6.07) is 0. The van der Waals surface area contributed by atoms with Crippen LogP contribution in [-0.2, 0) is 17.1 Å². The minimum Gasteiger partial charge on any atom is -1.00 e. The maximum atomic E-state index is 0. The van der Waals surface area contributed by atoms with Crippen LogP contribution in [0.1, 0.15) is 5.71 Å². The number of rotatable bonds is 0. The number of hydrogen-bond acceptors (Lipinski definition) is 0. The molecule has 0 saturated heterocycles. The van der Waals surface area contributed by atoms with Crippen LogP contribution in [0.3, 0.4) is 0 Å². The van der Waals surface area contributed by atoms with Crippen LogP contribution in [0.2, 0.25) is 0 Å². The zero-order chi connectivity index (χ0) is 0. The van der Waals surface area contributed by atoms with Crippen LogP contribution in [0.15, 0.2) is 0 Å². The standard InChI is InChI=1S/2Bi.Ca.Cu.H2O.Sr.10H/h;;;;1H2;;;;;;;;;;;/q;;+2;;;+2;;;;;;;4*-1. The van der Waals surface area contributed by atoms with E-state index in [4.69, 9.17) is 0 Å². The van der Waals surface area contributed by atoms with E-state index in [1.54, 1.807) is 0 Å². The normalized spacial score (nSPS) is 0. The minimum absolute atomic E-state index is 0. The van der Waals surface area contributed by atoms with Crippen LogP contribution in [0.25, 0.3) is 0 Å². The monoisotopic (exact) mass is 637 g/mol. The van der Waals surface area contributed by atoms with Crippen molar-refractivity contribution in [3.8, 4) is 0 Å². The molecule has 0 fully saturated rings. The molecule has 0 aromatic carbocycles. The van der Waals surface area contributed by atoms with Crippen molar-refractivity contribution in [2.24, 2.45) is 0 Å². The Labute approximate surface area is 159 Å². The molecule has 0 aliphatic heterocycles. The Hall–Kier alpha value is 4.99. The summed E-state index contributed by atoms with van der Waals surface area (Å²) in [5, 5.41) is 0. The molecule has 0 rings (SSSR count). The summed E-state index contributed by atoms with van der Waals surface area (Å²) in [5.74, 6) is 0. The molecule has 0 unspecified atom stereocenters. The van der Waals surface area contributed by atoms with Gasteiger partial charge in [-0.05, 0) is 0 Å². The zero-order valence-corrected chi connectivity index (χ0v) is 21.3. The Morgan fingerprint density at radius 1 is 1.00 bits per heavy atom. The van der Waals surface area contributed by atoms with Crippen LogP contribution in [0.4, 0.5) is 0 Å². The second-order valence-electron chi connectivity index (χ2n) is 0. The van der Waals surface area contributed by atoms with Crippen LogP contribution >= 0.6 is 0 Å². The molecule has 0 bridgehead atoms. The van der Waals surface area contributed by atoms with E-state index in [-0.39, 0.29) is 164 Å². The van der Waals surface area contributed by atoms with Gasteiger partial charge in [-0.1, -0.05) is 0 Å². The van der Waals surface area contributed by atoms with Gasteiger partial charge in [-0.15, -0.1) is 0 Å². The van der Waals surface area contributed by atoms with Crippen molar-refractivity contribution in [3.05, 3.63) is 0 Å². The van der Waals surface area contributed by atoms with Crippen molar-refractivity contribution in [2.75, 3.05) is 0 Å². The Morgan fingerprint density at radius 3 is 1.00 bits per heavy atom. The largest absolute Gasteiger partial charge is 2.00 e. The fraction of sp³-hybridized carbons (Fsp3) is 0. The Morgan fingerprint density at radius 2 is 1.00 bits per heavy atom. The van der Waals surface area contributed by atoms with Gasteiger partial charge in [-0.3, -0.25) is 0 Å². The molecular formula is H12Bi2CaCuOSr. The Kier molecular flexibility index (Phi) is 238. The molecule has 0 atom stereocenters. The predicted molar refractivity (Wildman–Crippen MR) is 39.4 cm³/mol. The van der Waals surface area contributed by atoms with Crippen LogP contribution in [0, 0.1) is 0 Å². The molecule has 6 heteroatoms. The SMILES string of the molecule is O.[BiH3].[BiH3].[Ca+2].[Cu].[H-].[H-].[H-].[H-].[Sr+2]. The average Bonchev–Trinajstić information content (AvgIpc) is 0. The van der Waals surface area contributed by atoms with Crippen molar-refractivity contribution in [1.29, 1.82) is 0 Å². The molecule has 1 nitrogen and oxygen atoms in total. The summed E-state index contributed by atoms with van der Waals surface area (Å²) in [7, 11) is 0. The first-order valence-electron chi connectivity index (χ1n) is 0. The van der Waals surface area contributed by atoms with Crippen LogP contribution < -0.4 is 0 Å². The maximum absolute atomic E-state index is 0. The van der Waals surface area contributed by atoms with E-state index in [1.807, 2.05) is 0 Å². The first-order valence-corrected chi connectivity index (χ1v) is 0. The molecule has 0 spiro atoms. The fourth-order valence-corrected chi connectivity index (χ4v) is 0. The zero-order valence-electron chi connectivity index (χ0n) is 7.63. The minimum atomic E-state index is 0. The molecule has 0 aromatic heterocycles. The Balaban J connectivity index is 0. The molecule has 0 aliphatic rings. The predicted octanol–water partition coefficient (Wildman–Crippen LogP) is -3.51. The topological polar surface area (TPSA) is 31.5 Å². The Bertz CT molecular complexity index is 23.2. The van der Waals surface area contributed by atoms with Gasteiger partial charge in [-0.25, -0.2) is 0 Å². The average molecular weight is 637 g/mol. The number of hydrogen-bond donors (Lipinski definition) is 0. The molecule has 0 aromatic rings. The second kappa shape index (κ2) is 32.4. The third kappa shape index (κ3) is 23.1. The summed E-state index contributed by atoms with van der Waals surface area (Å²) >= 11 is 0. The van der Waals surface area contributed by atoms with E-state index in [0.717, 1.165) is 0 Å². The van der Waals surface area contributed by atoms with Gasteiger partial charge in [0, 0.05) is 17.1 Å². The third-order valence-corrected chi connectivity index (χ3v) is 0. The van der Waals surface area contributed by atoms with Gasteiger partial charge in [0.25, 0.3) is 0 Å². The first-order chi connectivity index (χ1) is 0. The van der Waals surface area contributed by atoms with E-state index in [9.17, 15) is 0 Å². The molecule has 0 amide bonds. The van der Waals surface area contributed by atoms with Gasteiger partial charge < -0.3 is 11.2 Å². The smallest absolute Gasteiger partial charge is 1.00 e. The van der Waals surface area contributed by atoms with E-state index in [2.05, 4.69) is 0 Å². The van der Waals surface area contributed by atoms with Crippen molar-refractivity contribution < 1.29 is 28.3 Å². The summed E-state index contributed by atoms with van der Waals surface area (Å²) < 4.78 is 0. The van der Waals surface area contributed by atoms with Gasteiger partial charge in [0.15, 0.2) is 0 Å². The molecule has 6 heavy (non-hydrogen) atoms. The fourth-order valence-electron chi connectivity index (χ4n) is 0. The van der Waals surface area contributed by atoms with E-state index in [1.165, 1.54) is 0 Å². The van der Waals surface area contributed by atoms with Gasteiger partial charge >= 0.3 is 136 Å². The quantitative estimate of drug-likeness (QED) is 0.247. The summed E-state index contributed by atoms with van der Waals surface area (Å²) in [6.45, 7) is 0. The van der Waals surface area contributed by atoms with E-state index < -0.39 is 0 Å². The first kappa shape index (κ1) is 44.1. The van der Waals surface area contributed by atoms with E-state index >= 15 is 0 Å². The molecule has 0 heterocycles. The second-order valence-corrected chi connectivity index (χ2v) is 0. The van der Waals surface area contributed by atoms with Gasteiger partial charge in [0.2, 0.25) is 0 Å².